The van der Waals surface area contributed by atoms with Crippen molar-refractivity contribution in [2.45, 2.75) is 13.0 Å². The second-order valence-electron chi connectivity index (χ2n) is 2.71. The lowest BCUT2D eigenvalue weighted by atomic mass is 10.2. The van der Waals surface area contributed by atoms with Gasteiger partial charge in [0.25, 0.3) is 5.69 Å². The molecule has 0 saturated carbocycles. The molecule has 0 radical (unpaired) electrons. The van der Waals surface area contributed by atoms with E-state index in [2.05, 4.69) is 25.9 Å². The molecule has 1 aromatic rings. The zero-order valence-electron chi connectivity index (χ0n) is 7.68. The fourth-order valence-corrected chi connectivity index (χ4v) is 1.37. The van der Waals surface area contributed by atoms with Crippen molar-refractivity contribution in [1.29, 1.82) is 0 Å². The number of carbonyl (C=O) groups excluding carboxylic acids is 1. The first kappa shape index (κ1) is 11.5. The second kappa shape index (κ2) is 4.77. The van der Waals surface area contributed by atoms with Gasteiger partial charge >= 0.3 is 0 Å². The first-order valence-electron chi connectivity index (χ1n) is 3.93. The Kier molecular flexibility index (Phi) is 3.65. The molecule has 78 valence electrons. The summed E-state index contributed by atoms with van der Waals surface area (Å²) in [5.74, 6) is 0. The number of nitrogens with zero attached hydrogens (tertiary/aromatic N) is 3. The van der Waals surface area contributed by atoms with E-state index in [9.17, 15) is 14.9 Å². The Hall–Kier alpha value is -1.59. The molecule has 0 fully saturated rings. The number of rotatable bonds is 3. The maximum Gasteiger partial charge on any atom is 0.294 e. The molecule has 0 aromatic carbocycles. The summed E-state index contributed by atoms with van der Waals surface area (Å²) in [4.78, 5) is 27.4. The molecule has 1 rings (SSSR count). The van der Waals surface area contributed by atoms with E-state index in [0.29, 0.717) is 4.47 Å². The minimum absolute atomic E-state index is 0.145. The van der Waals surface area contributed by atoms with Crippen molar-refractivity contribution in [2.24, 2.45) is 4.99 Å². The molecule has 0 aliphatic rings. The van der Waals surface area contributed by atoms with Crippen LogP contribution in [0.2, 0.25) is 0 Å². The van der Waals surface area contributed by atoms with Crippen LogP contribution in [0.5, 0.6) is 0 Å². The van der Waals surface area contributed by atoms with Crippen LogP contribution in [0, 0.1) is 10.1 Å². The lowest BCUT2D eigenvalue weighted by Gasteiger charge is -2.04. The van der Waals surface area contributed by atoms with Gasteiger partial charge < -0.3 is 0 Å². The number of aliphatic imine (C=N–C) groups is 1. The second-order valence-corrected chi connectivity index (χ2v) is 3.63. The minimum atomic E-state index is -0.670. The third-order valence-corrected chi connectivity index (χ3v) is 2.14. The lowest BCUT2D eigenvalue weighted by molar-refractivity contribution is -0.386. The van der Waals surface area contributed by atoms with Gasteiger partial charge in [-0.3, -0.25) is 15.1 Å². The smallest absolute Gasteiger partial charge is 0.258 e. The Bertz CT molecular complexity index is 443. The first-order valence-corrected chi connectivity index (χ1v) is 4.72. The molecule has 1 aromatic heterocycles. The summed E-state index contributed by atoms with van der Waals surface area (Å²) in [6.45, 7) is 1.54. The molecule has 7 heteroatoms. The quantitative estimate of drug-likeness (QED) is 0.365. The highest BCUT2D eigenvalue weighted by molar-refractivity contribution is 9.10. The van der Waals surface area contributed by atoms with Crippen molar-refractivity contribution < 1.29 is 9.72 Å². The first-order chi connectivity index (χ1) is 7.06. The Morgan fingerprint density at radius 1 is 1.73 bits per heavy atom. The van der Waals surface area contributed by atoms with Crippen molar-refractivity contribution in [1.82, 2.24) is 4.98 Å². The van der Waals surface area contributed by atoms with Gasteiger partial charge in [-0.05, 0) is 22.9 Å². The summed E-state index contributed by atoms with van der Waals surface area (Å²) in [5, 5.41) is 10.7. The van der Waals surface area contributed by atoms with Crippen molar-refractivity contribution in [3.05, 3.63) is 32.5 Å². The summed E-state index contributed by atoms with van der Waals surface area (Å²) in [7, 11) is 0. The molecule has 6 nitrogen and oxygen atoms in total. The molecule has 0 aliphatic carbocycles. The SMILES string of the molecule is CC(N=C=O)c1ncc(Br)cc1[N+](=O)[O-]. The molecule has 0 amide bonds. The van der Waals surface area contributed by atoms with Crippen molar-refractivity contribution in [3.63, 3.8) is 0 Å². The average molecular weight is 272 g/mol. The molecule has 15 heavy (non-hydrogen) atoms. The van der Waals surface area contributed by atoms with Gasteiger partial charge in [-0.2, -0.15) is 4.99 Å². The molecule has 1 unspecified atom stereocenters. The number of halogens is 1. The van der Waals surface area contributed by atoms with Crippen LogP contribution in [0.3, 0.4) is 0 Å². The zero-order chi connectivity index (χ0) is 11.4. The third-order valence-electron chi connectivity index (χ3n) is 1.70. The number of pyridine rings is 1. The highest BCUT2D eigenvalue weighted by Gasteiger charge is 2.20. The predicted octanol–water partition coefficient (Wildman–Crippen LogP) is 2.15. The van der Waals surface area contributed by atoms with E-state index < -0.39 is 11.0 Å². The van der Waals surface area contributed by atoms with Gasteiger partial charge in [0.15, 0.2) is 0 Å². The van der Waals surface area contributed by atoms with Crippen molar-refractivity contribution in [3.8, 4) is 0 Å². The highest BCUT2D eigenvalue weighted by atomic mass is 79.9. The molecule has 1 heterocycles. The Morgan fingerprint density at radius 3 is 2.93 bits per heavy atom. The van der Waals surface area contributed by atoms with Gasteiger partial charge in [-0.1, -0.05) is 0 Å². The van der Waals surface area contributed by atoms with Gasteiger partial charge in [0.05, 0.1) is 4.92 Å². The number of hydrogen-bond donors (Lipinski definition) is 0. The summed E-state index contributed by atoms with van der Waals surface area (Å²) in [6.07, 6.45) is 2.76. The Morgan fingerprint density at radius 2 is 2.40 bits per heavy atom. The van der Waals surface area contributed by atoms with Crippen LogP contribution in [-0.4, -0.2) is 16.0 Å². The van der Waals surface area contributed by atoms with Crippen LogP contribution in [-0.2, 0) is 4.79 Å². The number of nitro groups is 1. The van der Waals surface area contributed by atoms with Gasteiger partial charge in [0.2, 0.25) is 6.08 Å². The largest absolute Gasteiger partial charge is 0.294 e. The van der Waals surface area contributed by atoms with E-state index in [-0.39, 0.29) is 11.4 Å². The molecule has 0 N–H and O–H groups in total. The van der Waals surface area contributed by atoms with E-state index in [1.165, 1.54) is 25.3 Å². The molecule has 1 atom stereocenters. The summed E-state index contributed by atoms with van der Waals surface area (Å²) in [6, 6.07) is 0.648. The van der Waals surface area contributed by atoms with E-state index in [4.69, 9.17) is 0 Å². The van der Waals surface area contributed by atoms with Gasteiger partial charge in [-0.15, -0.1) is 0 Å². The van der Waals surface area contributed by atoms with Crippen LogP contribution in [0.1, 0.15) is 18.7 Å². The van der Waals surface area contributed by atoms with Crippen LogP contribution in [0.15, 0.2) is 21.7 Å². The fraction of sp³-hybridized carbons (Fsp3) is 0.250. The fourth-order valence-electron chi connectivity index (χ4n) is 1.05. The Balaban J connectivity index is 3.28. The summed E-state index contributed by atoms with van der Waals surface area (Å²) in [5.41, 5.74) is -0.0255. The maximum atomic E-state index is 10.7. The van der Waals surface area contributed by atoms with E-state index in [0.717, 1.165) is 0 Å². The number of hydrogen-bond acceptors (Lipinski definition) is 5. The average Bonchev–Trinajstić information content (AvgIpc) is 2.17. The third kappa shape index (κ3) is 2.68. The van der Waals surface area contributed by atoms with Gasteiger partial charge in [0.1, 0.15) is 11.7 Å². The van der Waals surface area contributed by atoms with Crippen LogP contribution in [0.25, 0.3) is 0 Å². The summed E-state index contributed by atoms with van der Waals surface area (Å²) < 4.78 is 0.500. The van der Waals surface area contributed by atoms with E-state index in [1.807, 2.05) is 0 Å². The monoisotopic (exact) mass is 271 g/mol. The summed E-state index contributed by atoms with van der Waals surface area (Å²) >= 11 is 3.08. The predicted molar refractivity (Wildman–Crippen MR) is 55.1 cm³/mol. The van der Waals surface area contributed by atoms with Crippen molar-refractivity contribution >= 4 is 27.7 Å². The maximum absolute atomic E-state index is 10.7. The molecule has 0 aliphatic heterocycles. The molecular formula is C8H6BrN3O3. The molecule has 0 bridgehead atoms. The van der Waals surface area contributed by atoms with Gasteiger partial charge in [-0.25, -0.2) is 4.79 Å². The molecule has 0 saturated heterocycles. The number of isocyanates is 1. The van der Waals surface area contributed by atoms with E-state index >= 15 is 0 Å². The highest BCUT2D eigenvalue weighted by Crippen LogP contribution is 2.27. The topological polar surface area (TPSA) is 85.5 Å². The van der Waals surface area contributed by atoms with Crippen LogP contribution >= 0.6 is 15.9 Å². The number of aromatic nitrogens is 1. The Labute approximate surface area is 93.3 Å². The molecule has 0 spiro atoms. The molecular weight excluding hydrogens is 266 g/mol. The normalized spacial score (nSPS) is 11.6. The van der Waals surface area contributed by atoms with E-state index in [1.54, 1.807) is 0 Å². The standard InChI is InChI=1S/C8H6BrN3O3/c1-5(11-4-13)8-7(12(14)15)2-6(9)3-10-8/h2-3,5H,1H3. The zero-order valence-corrected chi connectivity index (χ0v) is 9.26. The van der Waals surface area contributed by atoms with Crippen LogP contribution in [0.4, 0.5) is 5.69 Å². The lowest BCUT2D eigenvalue weighted by Crippen LogP contribution is -2.01. The van der Waals surface area contributed by atoms with Crippen LogP contribution < -0.4 is 0 Å². The minimum Gasteiger partial charge on any atom is -0.258 e. The van der Waals surface area contributed by atoms with Crippen molar-refractivity contribution in [2.75, 3.05) is 0 Å². The van der Waals surface area contributed by atoms with Gasteiger partial charge in [0, 0.05) is 16.7 Å².